The molecule has 25 heavy (non-hydrogen) atoms. The second-order valence-electron chi connectivity index (χ2n) is 6.27. The van der Waals surface area contributed by atoms with Gasteiger partial charge in [-0.1, -0.05) is 17.7 Å². The van der Waals surface area contributed by atoms with Gasteiger partial charge in [-0.3, -0.25) is 4.72 Å². The molecule has 0 amide bonds. The van der Waals surface area contributed by atoms with E-state index in [-0.39, 0.29) is 11.0 Å². The van der Waals surface area contributed by atoms with Crippen LogP contribution in [0.1, 0.15) is 30.3 Å². The number of imidazole rings is 1. The third-order valence-corrected chi connectivity index (χ3v) is 5.72. The highest BCUT2D eigenvalue weighted by Crippen LogP contribution is 2.29. The normalized spacial score (nSPS) is 17.9. The molecule has 1 fully saturated rings. The van der Waals surface area contributed by atoms with Crippen molar-refractivity contribution in [2.24, 2.45) is 0 Å². The highest BCUT2D eigenvalue weighted by atomic mass is 32.2. The Morgan fingerprint density at radius 3 is 2.72 bits per heavy atom. The van der Waals surface area contributed by atoms with Gasteiger partial charge in [-0.25, -0.2) is 13.4 Å². The van der Waals surface area contributed by atoms with Gasteiger partial charge >= 0.3 is 0 Å². The molecule has 1 atom stereocenters. The van der Waals surface area contributed by atoms with E-state index >= 15 is 0 Å². The molecule has 0 saturated carbocycles. The first-order valence-electron chi connectivity index (χ1n) is 8.22. The molecule has 0 bridgehead atoms. The zero-order chi connectivity index (χ0) is 17.4. The number of anilines is 1. The molecule has 4 rings (SSSR count). The number of hydrogen-bond donors (Lipinski definition) is 2. The van der Waals surface area contributed by atoms with Crippen LogP contribution < -0.4 is 4.72 Å². The fraction of sp³-hybridized carbons (Fsp3) is 0.278. The molecule has 2 heterocycles. The van der Waals surface area contributed by atoms with Crippen LogP contribution in [0.2, 0.25) is 0 Å². The van der Waals surface area contributed by atoms with Gasteiger partial charge in [0.25, 0.3) is 10.0 Å². The summed E-state index contributed by atoms with van der Waals surface area (Å²) in [7, 11) is -3.62. The SMILES string of the molecule is Cc1ccc(S(=O)(=O)Nc2ccc3nc(C4CCCO4)[nH]c3c2)cc1. The van der Waals surface area contributed by atoms with Gasteiger partial charge in [-0.05, 0) is 50.1 Å². The molecule has 1 aliphatic rings. The quantitative estimate of drug-likeness (QED) is 0.748. The van der Waals surface area contributed by atoms with Crippen molar-refractivity contribution in [3.8, 4) is 0 Å². The van der Waals surface area contributed by atoms with E-state index in [1.54, 1.807) is 42.5 Å². The van der Waals surface area contributed by atoms with Crippen molar-refractivity contribution in [2.45, 2.75) is 30.8 Å². The number of aromatic nitrogens is 2. The summed E-state index contributed by atoms with van der Waals surface area (Å²) in [5, 5.41) is 0. The van der Waals surface area contributed by atoms with Crippen LogP contribution in [0.15, 0.2) is 47.4 Å². The Morgan fingerprint density at radius 2 is 2.00 bits per heavy atom. The minimum absolute atomic E-state index is 0.0000928. The number of sulfonamides is 1. The maximum absolute atomic E-state index is 12.5. The lowest BCUT2D eigenvalue weighted by Crippen LogP contribution is -2.12. The molecular weight excluding hydrogens is 338 g/mol. The Bertz CT molecular complexity index is 1000. The van der Waals surface area contributed by atoms with Crippen molar-refractivity contribution in [1.29, 1.82) is 0 Å². The largest absolute Gasteiger partial charge is 0.370 e. The Hall–Kier alpha value is -2.38. The van der Waals surface area contributed by atoms with Crippen molar-refractivity contribution >= 4 is 26.7 Å². The number of benzene rings is 2. The minimum atomic E-state index is -3.62. The number of nitrogens with one attached hydrogen (secondary N) is 2. The molecule has 1 saturated heterocycles. The van der Waals surface area contributed by atoms with Gasteiger partial charge in [0.05, 0.1) is 21.6 Å². The first-order valence-corrected chi connectivity index (χ1v) is 9.70. The predicted octanol–water partition coefficient (Wildman–Crippen LogP) is 3.52. The minimum Gasteiger partial charge on any atom is -0.370 e. The average Bonchev–Trinajstić information content (AvgIpc) is 3.23. The van der Waals surface area contributed by atoms with E-state index in [0.29, 0.717) is 5.69 Å². The third-order valence-electron chi connectivity index (χ3n) is 4.32. The zero-order valence-corrected chi connectivity index (χ0v) is 14.6. The number of H-pyrrole nitrogens is 1. The number of aromatic amines is 1. The maximum Gasteiger partial charge on any atom is 0.261 e. The summed E-state index contributed by atoms with van der Waals surface area (Å²) >= 11 is 0. The van der Waals surface area contributed by atoms with E-state index in [1.807, 2.05) is 6.92 Å². The maximum atomic E-state index is 12.5. The lowest BCUT2D eigenvalue weighted by molar-refractivity contribution is 0.106. The van der Waals surface area contributed by atoms with Crippen LogP contribution in [0, 0.1) is 6.92 Å². The molecule has 0 aliphatic carbocycles. The molecule has 130 valence electrons. The molecule has 7 heteroatoms. The molecule has 1 aliphatic heterocycles. The highest BCUT2D eigenvalue weighted by Gasteiger charge is 2.21. The fourth-order valence-corrected chi connectivity index (χ4v) is 4.02. The Kier molecular flexibility index (Phi) is 3.97. The molecule has 1 unspecified atom stereocenters. The zero-order valence-electron chi connectivity index (χ0n) is 13.8. The topological polar surface area (TPSA) is 84.1 Å². The van der Waals surface area contributed by atoms with E-state index in [1.165, 1.54) is 0 Å². The van der Waals surface area contributed by atoms with E-state index in [9.17, 15) is 8.42 Å². The Balaban J connectivity index is 1.61. The molecule has 2 aromatic carbocycles. The average molecular weight is 357 g/mol. The number of fused-ring (bicyclic) bond motifs is 1. The number of rotatable bonds is 4. The van der Waals surface area contributed by atoms with E-state index < -0.39 is 10.0 Å². The van der Waals surface area contributed by atoms with E-state index in [0.717, 1.165) is 41.9 Å². The molecule has 0 spiro atoms. The standard InChI is InChI=1S/C18H19N3O3S/c1-12-4-7-14(8-5-12)25(22,23)21-13-6-9-15-16(11-13)20-18(19-15)17-3-2-10-24-17/h4-9,11,17,21H,2-3,10H2,1H3,(H,19,20). The monoisotopic (exact) mass is 357 g/mol. The second-order valence-corrected chi connectivity index (χ2v) is 7.96. The van der Waals surface area contributed by atoms with Crippen LogP contribution in [0.5, 0.6) is 0 Å². The number of ether oxygens (including phenoxy) is 1. The summed E-state index contributed by atoms with van der Waals surface area (Å²) in [6, 6.07) is 12.0. The summed E-state index contributed by atoms with van der Waals surface area (Å²) in [5.41, 5.74) is 3.09. The van der Waals surface area contributed by atoms with Gasteiger partial charge in [-0.2, -0.15) is 0 Å². The summed E-state index contributed by atoms with van der Waals surface area (Å²) in [5.74, 6) is 0.797. The Morgan fingerprint density at radius 1 is 1.20 bits per heavy atom. The molecule has 6 nitrogen and oxygen atoms in total. The van der Waals surface area contributed by atoms with Crippen molar-refractivity contribution in [3.05, 3.63) is 53.9 Å². The van der Waals surface area contributed by atoms with Crippen molar-refractivity contribution in [1.82, 2.24) is 9.97 Å². The Labute approximate surface area is 146 Å². The fourth-order valence-electron chi connectivity index (χ4n) is 2.97. The van der Waals surface area contributed by atoms with Gasteiger partial charge in [-0.15, -0.1) is 0 Å². The summed E-state index contributed by atoms with van der Waals surface area (Å²) in [4.78, 5) is 8.02. The van der Waals surface area contributed by atoms with Crippen LogP contribution in [-0.2, 0) is 14.8 Å². The first kappa shape index (κ1) is 16.1. The highest BCUT2D eigenvalue weighted by molar-refractivity contribution is 7.92. The smallest absolute Gasteiger partial charge is 0.261 e. The number of hydrogen-bond acceptors (Lipinski definition) is 4. The summed E-state index contributed by atoms with van der Waals surface area (Å²) in [6.07, 6.45) is 1.98. The summed E-state index contributed by atoms with van der Waals surface area (Å²) in [6.45, 7) is 2.67. The lowest BCUT2D eigenvalue weighted by atomic mass is 10.2. The molecule has 0 radical (unpaired) electrons. The van der Waals surface area contributed by atoms with Gasteiger partial charge in [0.2, 0.25) is 0 Å². The summed E-state index contributed by atoms with van der Waals surface area (Å²) < 4.78 is 33.3. The molecule has 3 aromatic rings. The first-order chi connectivity index (χ1) is 12.0. The second kappa shape index (κ2) is 6.16. The molecule has 1 aromatic heterocycles. The van der Waals surface area contributed by atoms with Crippen LogP contribution in [-0.4, -0.2) is 25.0 Å². The molecular formula is C18H19N3O3S. The van der Waals surface area contributed by atoms with Crippen molar-refractivity contribution in [3.63, 3.8) is 0 Å². The van der Waals surface area contributed by atoms with Gasteiger partial charge in [0.1, 0.15) is 11.9 Å². The van der Waals surface area contributed by atoms with E-state index in [4.69, 9.17) is 4.74 Å². The van der Waals surface area contributed by atoms with Crippen LogP contribution in [0.25, 0.3) is 11.0 Å². The van der Waals surface area contributed by atoms with Crippen molar-refractivity contribution < 1.29 is 13.2 Å². The number of nitrogens with zero attached hydrogens (tertiary/aromatic N) is 1. The van der Waals surface area contributed by atoms with Crippen LogP contribution >= 0.6 is 0 Å². The third kappa shape index (κ3) is 3.25. The number of aryl methyl sites for hydroxylation is 1. The van der Waals surface area contributed by atoms with E-state index in [2.05, 4.69) is 14.7 Å². The lowest BCUT2D eigenvalue weighted by Gasteiger charge is -2.08. The van der Waals surface area contributed by atoms with Crippen LogP contribution in [0.3, 0.4) is 0 Å². The van der Waals surface area contributed by atoms with Gasteiger partial charge in [0.15, 0.2) is 0 Å². The van der Waals surface area contributed by atoms with Crippen LogP contribution in [0.4, 0.5) is 5.69 Å². The predicted molar refractivity (Wildman–Crippen MR) is 96.0 cm³/mol. The van der Waals surface area contributed by atoms with Gasteiger partial charge in [0, 0.05) is 6.61 Å². The molecule has 2 N–H and O–H groups in total. The van der Waals surface area contributed by atoms with Crippen molar-refractivity contribution in [2.75, 3.05) is 11.3 Å². The van der Waals surface area contributed by atoms with Gasteiger partial charge < -0.3 is 9.72 Å².